The molecule has 1 saturated carbocycles. The summed E-state index contributed by atoms with van der Waals surface area (Å²) in [6, 6.07) is 0. The van der Waals surface area contributed by atoms with Gasteiger partial charge in [0.1, 0.15) is 0 Å². The normalized spacial score (nSPS) is 37.6. The van der Waals surface area contributed by atoms with E-state index in [0.29, 0.717) is 10.8 Å². The van der Waals surface area contributed by atoms with Crippen LogP contribution in [-0.2, 0) is 0 Å². The molecule has 0 aromatic heterocycles. The van der Waals surface area contributed by atoms with Gasteiger partial charge in [0.15, 0.2) is 0 Å². The average Bonchev–Trinajstić information content (AvgIpc) is 2.00. The second kappa shape index (κ2) is 3.29. The van der Waals surface area contributed by atoms with Gasteiger partial charge < -0.3 is 0 Å². The monoisotopic (exact) mass is 182 g/mol. The Morgan fingerprint density at radius 1 is 1.23 bits per heavy atom. The maximum atomic E-state index is 2.50. The predicted molar refractivity (Wildman–Crippen MR) is 59.7 cm³/mol. The molecule has 78 valence electrons. The molecule has 0 aromatic rings. The Labute approximate surface area is 84.1 Å². The van der Waals surface area contributed by atoms with Gasteiger partial charge in [0.25, 0.3) is 0 Å². The van der Waals surface area contributed by atoms with Crippen LogP contribution in [0.2, 0.25) is 0 Å². The zero-order valence-electron chi connectivity index (χ0n) is 10.3. The van der Waals surface area contributed by atoms with Crippen molar-refractivity contribution < 1.29 is 0 Å². The fourth-order valence-electron chi connectivity index (χ4n) is 3.39. The molecule has 1 fully saturated rings. The Balaban J connectivity index is 2.75. The lowest BCUT2D eigenvalue weighted by molar-refractivity contribution is -0.135. The second-order valence-electron chi connectivity index (χ2n) is 6.11. The van der Waals surface area contributed by atoms with Crippen molar-refractivity contribution >= 4 is 0 Å². The molecule has 13 heavy (non-hydrogen) atoms. The highest BCUT2D eigenvalue weighted by Crippen LogP contribution is 2.64. The molecule has 0 saturated heterocycles. The smallest absolute Gasteiger partial charge is 0.0244 e. The van der Waals surface area contributed by atoms with Crippen LogP contribution < -0.4 is 0 Å². The number of hydrogen-bond donors (Lipinski definition) is 0. The molecular weight excluding hydrogens is 156 g/mol. The van der Waals surface area contributed by atoms with Gasteiger partial charge >= 0.3 is 0 Å². The Bertz CT molecular complexity index is 178. The molecule has 0 radical (unpaired) electrons. The molecule has 2 atom stereocenters. The van der Waals surface area contributed by atoms with Crippen LogP contribution in [0.5, 0.6) is 0 Å². The van der Waals surface area contributed by atoms with Crippen molar-refractivity contribution in [1.29, 1.82) is 0 Å². The fraction of sp³-hybridized carbons (Fsp3) is 1.00. The number of rotatable bonds is 3. The van der Waals surface area contributed by atoms with Crippen molar-refractivity contribution in [3.05, 3.63) is 0 Å². The van der Waals surface area contributed by atoms with Gasteiger partial charge in [-0.25, -0.2) is 0 Å². The molecule has 0 heteroatoms. The molecule has 0 nitrogen and oxygen atoms in total. The van der Waals surface area contributed by atoms with Crippen LogP contribution in [0.25, 0.3) is 0 Å². The van der Waals surface area contributed by atoms with Crippen molar-refractivity contribution in [3.8, 4) is 0 Å². The largest absolute Gasteiger partial charge is 0.0654 e. The van der Waals surface area contributed by atoms with E-state index in [0.717, 1.165) is 11.8 Å². The summed E-state index contributed by atoms with van der Waals surface area (Å²) in [5, 5.41) is 0. The third-order valence-electron chi connectivity index (χ3n) is 4.67. The second-order valence-corrected chi connectivity index (χ2v) is 6.11. The van der Waals surface area contributed by atoms with Crippen molar-refractivity contribution in [1.82, 2.24) is 0 Å². The van der Waals surface area contributed by atoms with Gasteiger partial charge in [-0.15, -0.1) is 0 Å². The van der Waals surface area contributed by atoms with Gasteiger partial charge in [-0.1, -0.05) is 48.0 Å². The number of hydrogen-bond acceptors (Lipinski definition) is 0. The Morgan fingerprint density at radius 2 is 1.77 bits per heavy atom. The van der Waals surface area contributed by atoms with Crippen molar-refractivity contribution in [2.75, 3.05) is 0 Å². The summed E-state index contributed by atoms with van der Waals surface area (Å²) in [4.78, 5) is 0. The first-order valence-electron chi connectivity index (χ1n) is 5.85. The van der Waals surface area contributed by atoms with Gasteiger partial charge in [-0.3, -0.25) is 0 Å². The molecule has 1 aliphatic rings. The van der Waals surface area contributed by atoms with Gasteiger partial charge in [-0.2, -0.15) is 0 Å². The lowest BCUT2D eigenvalue weighted by Gasteiger charge is -2.63. The molecule has 0 aliphatic heterocycles. The highest BCUT2D eigenvalue weighted by Gasteiger charge is 2.56. The Kier molecular flexibility index (Phi) is 2.81. The quantitative estimate of drug-likeness (QED) is 0.603. The van der Waals surface area contributed by atoms with Crippen molar-refractivity contribution in [2.24, 2.45) is 22.7 Å². The van der Waals surface area contributed by atoms with E-state index in [-0.39, 0.29) is 0 Å². The van der Waals surface area contributed by atoms with E-state index >= 15 is 0 Å². The van der Waals surface area contributed by atoms with E-state index < -0.39 is 0 Å². The molecule has 0 heterocycles. The minimum Gasteiger partial charge on any atom is -0.0654 e. The molecule has 0 spiro atoms. The topological polar surface area (TPSA) is 0 Å². The molecule has 0 amide bonds. The molecule has 1 rings (SSSR count). The summed E-state index contributed by atoms with van der Waals surface area (Å²) in [7, 11) is 0. The molecule has 2 unspecified atom stereocenters. The molecule has 0 N–H and O–H groups in total. The maximum Gasteiger partial charge on any atom is -0.0244 e. The highest BCUT2D eigenvalue weighted by molar-refractivity contribution is 5.05. The van der Waals surface area contributed by atoms with Crippen molar-refractivity contribution in [3.63, 3.8) is 0 Å². The van der Waals surface area contributed by atoms with Crippen LogP contribution in [0.1, 0.15) is 60.8 Å². The van der Waals surface area contributed by atoms with Crippen LogP contribution in [0.15, 0.2) is 0 Å². The summed E-state index contributed by atoms with van der Waals surface area (Å²) in [5.41, 5.74) is 1.19. The lowest BCUT2D eigenvalue weighted by Crippen LogP contribution is -2.55. The Hall–Kier alpha value is 0. The van der Waals surface area contributed by atoms with Gasteiger partial charge in [0.2, 0.25) is 0 Å². The van der Waals surface area contributed by atoms with Gasteiger partial charge in [-0.05, 0) is 35.5 Å². The van der Waals surface area contributed by atoms with Crippen molar-refractivity contribution in [2.45, 2.75) is 60.8 Å². The Morgan fingerprint density at radius 3 is 2.08 bits per heavy atom. The SMILES string of the molecule is CCCC1(C)C(C(C)C)CC1(C)C. The zero-order chi connectivity index (χ0) is 10.3. The van der Waals surface area contributed by atoms with Gasteiger partial charge in [0, 0.05) is 0 Å². The molecule has 0 aromatic carbocycles. The van der Waals surface area contributed by atoms with Gasteiger partial charge in [0.05, 0.1) is 0 Å². The summed E-state index contributed by atoms with van der Waals surface area (Å²) in [5.74, 6) is 1.83. The van der Waals surface area contributed by atoms with E-state index in [1.54, 1.807) is 0 Å². The predicted octanol–water partition coefficient (Wildman–Crippen LogP) is 4.49. The van der Waals surface area contributed by atoms with Crippen LogP contribution in [0.3, 0.4) is 0 Å². The lowest BCUT2D eigenvalue weighted by atomic mass is 9.42. The van der Waals surface area contributed by atoms with Crippen LogP contribution in [-0.4, -0.2) is 0 Å². The summed E-state index contributed by atoms with van der Waals surface area (Å²) in [6.07, 6.45) is 4.17. The van der Waals surface area contributed by atoms with E-state index in [2.05, 4.69) is 41.5 Å². The minimum absolute atomic E-state index is 0.581. The summed E-state index contributed by atoms with van der Waals surface area (Å²) < 4.78 is 0. The summed E-state index contributed by atoms with van der Waals surface area (Å²) >= 11 is 0. The zero-order valence-corrected chi connectivity index (χ0v) is 10.3. The highest BCUT2D eigenvalue weighted by atomic mass is 14.6. The summed E-state index contributed by atoms with van der Waals surface area (Å²) in [6.45, 7) is 14.5. The maximum absolute atomic E-state index is 2.50. The van der Waals surface area contributed by atoms with E-state index in [4.69, 9.17) is 0 Å². The minimum atomic E-state index is 0.581. The first-order valence-corrected chi connectivity index (χ1v) is 5.85. The first kappa shape index (κ1) is 11.1. The molecular formula is C13H26. The first-order chi connectivity index (χ1) is 5.85. The standard InChI is InChI=1S/C13H26/c1-7-8-13(6)11(10(2)3)9-12(13,4)5/h10-11H,7-9H2,1-6H3. The van der Waals surface area contributed by atoms with Crippen LogP contribution in [0.4, 0.5) is 0 Å². The van der Waals surface area contributed by atoms with E-state index in [9.17, 15) is 0 Å². The fourth-order valence-corrected chi connectivity index (χ4v) is 3.39. The van der Waals surface area contributed by atoms with E-state index in [1.807, 2.05) is 0 Å². The molecule has 0 bridgehead atoms. The van der Waals surface area contributed by atoms with E-state index in [1.165, 1.54) is 19.3 Å². The average molecular weight is 182 g/mol. The van der Waals surface area contributed by atoms with Crippen LogP contribution >= 0.6 is 0 Å². The van der Waals surface area contributed by atoms with Crippen LogP contribution in [0, 0.1) is 22.7 Å². The third-order valence-corrected chi connectivity index (χ3v) is 4.67. The molecule has 1 aliphatic carbocycles. The third kappa shape index (κ3) is 1.53.